The van der Waals surface area contributed by atoms with Crippen LogP contribution < -0.4 is 5.32 Å². The summed E-state index contributed by atoms with van der Waals surface area (Å²) in [5.41, 5.74) is 2.82. The Morgan fingerprint density at radius 2 is 1.68 bits per heavy atom. The van der Waals surface area contributed by atoms with Crippen LogP contribution in [-0.2, 0) is 7.05 Å². The maximum Gasteiger partial charge on any atom is 0.256 e. The number of benzene rings is 2. The number of carbonyl (C=O) groups excluding carboxylic acids is 1. The van der Waals surface area contributed by atoms with E-state index in [-0.39, 0.29) is 5.91 Å². The van der Waals surface area contributed by atoms with Gasteiger partial charge in [-0.05, 0) is 39.2 Å². The Morgan fingerprint density at radius 1 is 1.05 bits per heavy atom. The van der Waals surface area contributed by atoms with Gasteiger partial charge in [-0.3, -0.25) is 9.48 Å². The number of amides is 1. The largest absolute Gasteiger partial charge is 0.306 e. The Labute approximate surface area is 136 Å². The van der Waals surface area contributed by atoms with Crippen LogP contribution >= 0.6 is 15.9 Å². The SMILES string of the molecule is Cn1ncc(Br)c1NC(=O)c1ccc(-c2ccccc2)cc1. The van der Waals surface area contributed by atoms with Gasteiger partial charge < -0.3 is 5.32 Å². The molecule has 4 nitrogen and oxygen atoms in total. The van der Waals surface area contributed by atoms with E-state index < -0.39 is 0 Å². The van der Waals surface area contributed by atoms with Crippen LogP contribution in [0.4, 0.5) is 5.82 Å². The highest BCUT2D eigenvalue weighted by Gasteiger charge is 2.11. The Hall–Kier alpha value is -2.40. The van der Waals surface area contributed by atoms with Crippen molar-refractivity contribution in [1.82, 2.24) is 9.78 Å². The predicted octanol–water partition coefficient (Wildman–Crippen LogP) is 4.10. The molecule has 2 aromatic carbocycles. The maximum absolute atomic E-state index is 12.3. The average Bonchev–Trinajstić information content (AvgIpc) is 2.88. The topological polar surface area (TPSA) is 46.9 Å². The molecule has 3 aromatic rings. The molecule has 0 unspecified atom stereocenters. The van der Waals surface area contributed by atoms with Crippen molar-refractivity contribution in [3.8, 4) is 11.1 Å². The molecule has 0 spiro atoms. The second-order valence-corrected chi connectivity index (χ2v) is 5.72. The first-order valence-corrected chi connectivity index (χ1v) is 7.59. The van der Waals surface area contributed by atoms with Gasteiger partial charge in [0.05, 0.1) is 10.7 Å². The Kier molecular flexibility index (Phi) is 4.06. The van der Waals surface area contributed by atoms with Gasteiger partial charge in [0.2, 0.25) is 0 Å². The summed E-state index contributed by atoms with van der Waals surface area (Å²) in [5.74, 6) is 0.473. The number of halogens is 1. The summed E-state index contributed by atoms with van der Waals surface area (Å²) in [6.45, 7) is 0. The van der Waals surface area contributed by atoms with E-state index in [0.29, 0.717) is 11.4 Å². The number of hydrogen-bond acceptors (Lipinski definition) is 2. The smallest absolute Gasteiger partial charge is 0.256 e. The van der Waals surface area contributed by atoms with Gasteiger partial charge in [0, 0.05) is 12.6 Å². The van der Waals surface area contributed by atoms with Gasteiger partial charge in [-0.2, -0.15) is 5.10 Å². The number of aryl methyl sites for hydroxylation is 1. The lowest BCUT2D eigenvalue weighted by atomic mass is 10.0. The minimum Gasteiger partial charge on any atom is -0.306 e. The highest BCUT2D eigenvalue weighted by Crippen LogP contribution is 2.22. The zero-order valence-electron chi connectivity index (χ0n) is 12.0. The van der Waals surface area contributed by atoms with Gasteiger partial charge in [-0.15, -0.1) is 0 Å². The van der Waals surface area contributed by atoms with E-state index >= 15 is 0 Å². The molecule has 22 heavy (non-hydrogen) atoms. The second kappa shape index (κ2) is 6.15. The molecular weight excluding hydrogens is 342 g/mol. The van der Waals surface area contributed by atoms with E-state index in [2.05, 4.69) is 26.3 Å². The van der Waals surface area contributed by atoms with Gasteiger partial charge in [0.15, 0.2) is 0 Å². The summed E-state index contributed by atoms with van der Waals surface area (Å²) < 4.78 is 2.37. The third kappa shape index (κ3) is 2.94. The van der Waals surface area contributed by atoms with Crippen LogP contribution in [0.3, 0.4) is 0 Å². The monoisotopic (exact) mass is 355 g/mol. The molecule has 1 N–H and O–H groups in total. The third-order valence-electron chi connectivity index (χ3n) is 3.38. The van der Waals surface area contributed by atoms with Crippen LogP contribution in [0.15, 0.2) is 65.3 Å². The van der Waals surface area contributed by atoms with Crippen molar-refractivity contribution >= 4 is 27.7 Å². The summed E-state index contributed by atoms with van der Waals surface area (Å²) in [6.07, 6.45) is 1.65. The quantitative estimate of drug-likeness (QED) is 0.768. The lowest BCUT2D eigenvalue weighted by Crippen LogP contribution is -2.14. The molecule has 0 fully saturated rings. The van der Waals surface area contributed by atoms with Crippen molar-refractivity contribution in [2.24, 2.45) is 7.05 Å². The summed E-state index contributed by atoms with van der Waals surface area (Å²) in [5, 5.41) is 6.92. The highest BCUT2D eigenvalue weighted by molar-refractivity contribution is 9.10. The number of nitrogens with one attached hydrogen (secondary N) is 1. The zero-order valence-corrected chi connectivity index (χ0v) is 13.5. The van der Waals surface area contributed by atoms with E-state index in [0.717, 1.165) is 15.6 Å². The predicted molar refractivity (Wildman–Crippen MR) is 90.7 cm³/mol. The number of aromatic nitrogens is 2. The summed E-state index contributed by atoms with van der Waals surface area (Å²) in [7, 11) is 1.78. The molecule has 110 valence electrons. The van der Waals surface area contributed by atoms with E-state index in [1.54, 1.807) is 17.9 Å². The van der Waals surface area contributed by atoms with E-state index in [1.165, 1.54) is 0 Å². The van der Waals surface area contributed by atoms with Gasteiger partial charge in [-0.1, -0.05) is 42.5 Å². The molecule has 1 heterocycles. The van der Waals surface area contributed by atoms with Gasteiger partial charge >= 0.3 is 0 Å². The van der Waals surface area contributed by atoms with Crippen LogP contribution in [0.25, 0.3) is 11.1 Å². The van der Waals surface area contributed by atoms with Crippen molar-refractivity contribution < 1.29 is 4.79 Å². The van der Waals surface area contributed by atoms with Crippen molar-refractivity contribution in [1.29, 1.82) is 0 Å². The Bertz CT molecular complexity index is 775. The number of hydrogen-bond donors (Lipinski definition) is 1. The Morgan fingerprint density at radius 3 is 2.27 bits per heavy atom. The van der Waals surface area contributed by atoms with Crippen molar-refractivity contribution in [3.63, 3.8) is 0 Å². The molecule has 0 saturated carbocycles. The average molecular weight is 356 g/mol. The van der Waals surface area contributed by atoms with Crippen molar-refractivity contribution in [3.05, 3.63) is 70.8 Å². The third-order valence-corrected chi connectivity index (χ3v) is 3.96. The minimum absolute atomic E-state index is 0.163. The Balaban J connectivity index is 1.80. The van der Waals surface area contributed by atoms with Crippen molar-refractivity contribution in [2.75, 3.05) is 5.32 Å². The molecule has 0 radical (unpaired) electrons. The molecule has 1 aromatic heterocycles. The standard InChI is InChI=1S/C17H14BrN3O/c1-21-16(15(18)11-19-21)20-17(22)14-9-7-13(8-10-14)12-5-3-2-4-6-12/h2-11H,1H3,(H,20,22). The number of nitrogens with zero attached hydrogens (tertiary/aromatic N) is 2. The van der Waals surface area contributed by atoms with Crippen LogP contribution in [-0.4, -0.2) is 15.7 Å². The fourth-order valence-electron chi connectivity index (χ4n) is 2.18. The van der Waals surface area contributed by atoms with Crippen LogP contribution in [0, 0.1) is 0 Å². The second-order valence-electron chi connectivity index (χ2n) is 4.86. The molecule has 1 amide bonds. The number of carbonyl (C=O) groups is 1. The summed E-state index contributed by atoms with van der Waals surface area (Å²) in [4.78, 5) is 12.3. The van der Waals surface area contributed by atoms with Crippen molar-refractivity contribution in [2.45, 2.75) is 0 Å². The molecule has 0 aliphatic rings. The first-order valence-electron chi connectivity index (χ1n) is 6.79. The molecule has 0 bridgehead atoms. The lowest BCUT2D eigenvalue weighted by molar-refractivity contribution is 0.102. The van der Waals surface area contributed by atoms with Gasteiger partial charge in [-0.25, -0.2) is 0 Å². The highest BCUT2D eigenvalue weighted by atomic mass is 79.9. The summed E-state index contributed by atoms with van der Waals surface area (Å²) in [6, 6.07) is 17.6. The minimum atomic E-state index is -0.163. The molecule has 0 saturated heterocycles. The number of anilines is 1. The van der Waals surface area contributed by atoms with Crippen LogP contribution in [0.5, 0.6) is 0 Å². The molecule has 0 atom stereocenters. The molecule has 3 rings (SSSR count). The van der Waals surface area contributed by atoms with Gasteiger partial charge in [0.1, 0.15) is 5.82 Å². The first kappa shape index (κ1) is 14.5. The molecule has 5 heteroatoms. The number of rotatable bonds is 3. The molecule has 0 aliphatic heterocycles. The van der Waals surface area contributed by atoms with E-state index in [4.69, 9.17) is 0 Å². The lowest BCUT2D eigenvalue weighted by Gasteiger charge is -2.07. The molecule has 0 aliphatic carbocycles. The first-order chi connectivity index (χ1) is 10.6. The van der Waals surface area contributed by atoms with Crippen LogP contribution in [0.2, 0.25) is 0 Å². The molecular formula is C17H14BrN3O. The zero-order chi connectivity index (χ0) is 15.5. The van der Waals surface area contributed by atoms with Crippen LogP contribution in [0.1, 0.15) is 10.4 Å². The van der Waals surface area contributed by atoms with Gasteiger partial charge in [0.25, 0.3) is 5.91 Å². The normalized spacial score (nSPS) is 10.5. The summed E-state index contributed by atoms with van der Waals surface area (Å²) >= 11 is 3.36. The van der Waals surface area contributed by atoms with E-state index in [1.807, 2.05) is 54.6 Å². The fraction of sp³-hybridized carbons (Fsp3) is 0.0588. The maximum atomic E-state index is 12.3. The van der Waals surface area contributed by atoms with E-state index in [9.17, 15) is 4.79 Å². The fourth-order valence-corrected chi connectivity index (χ4v) is 2.62.